The minimum atomic E-state index is 0.785. The maximum atomic E-state index is 2.70. The molecule has 1 saturated heterocycles. The quantitative estimate of drug-likeness (QED) is 0.633. The molecule has 1 heteroatoms. The van der Waals surface area contributed by atoms with Gasteiger partial charge in [0.15, 0.2) is 0 Å². The fourth-order valence-electron chi connectivity index (χ4n) is 3.07. The standard InChI is InChI=1S/C12H23N/c1-11(2)9-13-8-4-7-12(10-13)5-3-6-12/h11H,3-10H2,1-2H3. The molecule has 0 atom stereocenters. The van der Waals surface area contributed by atoms with Crippen molar-refractivity contribution in [2.24, 2.45) is 11.3 Å². The van der Waals surface area contributed by atoms with Crippen LogP contribution in [0.5, 0.6) is 0 Å². The number of hydrogen-bond donors (Lipinski definition) is 0. The van der Waals surface area contributed by atoms with Crippen LogP contribution in [0.4, 0.5) is 0 Å². The average molecular weight is 181 g/mol. The largest absolute Gasteiger partial charge is 0.303 e. The Balaban J connectivity index is 1.85. The third-order valence-corrected chi connectivity index (χ3v) is 3.78. The zero-order valence-corrected chi connectivity index (χ0v) is 9.18. The number of likely N-dealkylation sites (tertiary alicyclic amines) is 1. The van der Waals surface area contributed by atoms with Crippen LogP contribution in [-0.4, -0.2) is 24.5 Å². The van der Waals surface area contributed by atoms with Crippen LogP contribution in [0.1, 0.15) is 46.0 Å². The first kappa shape index (κ1) is 9.51. The van der Waals surface area contributed by atoms with Crippen LogP contribution in [0.3, 0.4) is 0 Å². The Bertz CT molecular complexity index is 170. The Hall–Kier alpha value is -0.0400. The molecule has 13 heavy (non-hydrogen) atoms. The van der Waals surface area contributed by atoms with E-state index in [9.17, 15) is 0 Å². The van der Waals surface area contributed by atoms with Gasteiger partial charge >= 0.3 is 0 Å². The SMILES string of the molecule is CC(C)CN1CCCC2(CCC2)C1. The Kier molecular flexibility index (Phi) is 2.64. The van der Waals surface area contributed by atoms with Crippen LogP contribution in [0.15, 0.2) is 0 Å². The summed E-state index contributed by atoms with van der Waals surface area (Å²) >= 11 is 0. The van der Waals surface area contributed by atoms with Crippen molar-refractivity contribution in [2.45, 2.75) is 46.0 Å². The molecule has 2 rings (SSSR count). The Labute approximate surface area is 82.5 Å². The summed E-state index contributed by atoms with van der Waals surface area (Å²) in [5.74, 6) is 0.843. The summed E-state index contributed by atoms with van der Waals surface area (Å²) in [5.41, 5.74) is 0.785. The Morgan fingerprint density at radius 2 is 1.85 bits per heavy atom. The third-order valence-electron chi connectivity index (χ3n) is 3.78. The van der Waals surface area contributed by atoms with Crippen LogP contribution < -0.4 is 0 Å². The molecule has 76 valence electrons. The van der Waals surface area contributed by atoms with Crippen LogP contribution in [0, 0.1) is 11.3 Å². The molecule has 0 N–H and O–H groups in total. The normalized spacial score (nSPS) is 27.9. The second-order valence-corrected chi connectivity index (χ2v) is 5.59. The molecule has 1 nitrogen and oxygen atoms in total. The molecule has 0 bridgehead atoms. The van der Waals surface area contributed by atoms with Crippen molar-refractivity contribution in [3.05, 3.63) is 0 Å². The number of nitrogens with zero attached hydrogens (tertiary/aromatic N) is 1. The molecule has 1 aliphatic heterocycles. The van der Waals surface area contributed by atoms with Gasteiger partial charge in [0.2, 0.25) is 0 Å². The molecule has 2 fully saturated rings. The zero-order valence-electron chi connectivity index (χ0n) is 9.18. The predicted octanol–water partition coefficient (Wildman–Crippen LogP) is 2.91. The highest BCUT2D eigenvalue weighted by Gasteiger charge is 2.40. The molecule has 2 aliphatic rings. The van der Waals surface area contributed by atoms with Gasteiger partial charge in [0.1, 0.15) is 0 Å². The lowest BCUT2D eigenvalue weighted by molar-refractivity contribution is 0.0155. The molecule has 0 aromatic rings. The van der Waals surface area contributed by atoms with E-state index in [2.05, 4.69) is 18.7 Å². The van der Waals surface area contributed by atoms with E-state index >= 15 is 0 Å². The monoisotopic (exact) mass is 181 g/mol. The van der Waals surface area contributed by atoms with Gasteiger partial charge in [-0.05, 0) is 43.6 Å². The van der Waals surface area contributed by atoms with Gasteiger partial charge in [-0.2, -0.15) is 0 Å². The summed E-state index contributed by atoms with van der Waals surface area (Å²) in [4.78, 5) is 2.70. The number of rotatable bonds is 2. The lowest BCUT2D eigenvalue weighted by Crippen LogP contribution is -2.47. The van der Waals surface area contributed by atoms with E-state index in [1.807, 2.05) is 0 Å². The van der Waals surface area contributed by atoms with E-state index in [4.69, 9.17) is 0 Å². The molecule has 0 aromatic carbocycles. The third kappa shape index (κ3) is 2.07. The van der Waals surface area contributed by atoms with E-state index in [-0.39, 0.29) is 0 Å². The van der Waals surface area contributed by atoms with Gasteiger partial charge in [0.25, 0.3) is 0 Å². The van der Waals surface area contributed by atoms with Crippen LogP contribution in [0.25, 0.3) is 0 Å². The summed E-state index contributed by atoms with van der Waals surface area (Å²) < 4.78 is 0. The van der Waals surface area contributed by atoms with Gasteiger partial charge in [0, 0.05) is 13.1 Å². The number of piperidine rings is 1. The molecule has 1 heterocycles. The molecule has 0 amide bonds. The molecular weight excluding hydrogens is 158 g/mol. The smallest absolute Gasteiger partial charge is 0.00381 e. The van der Waals surface area contributed by atoms with Crippen molar-refractivity contribution in [1.29, 1.82) is 0 Å². The molecule has 1 saturated carbocycles. The molecule has 0 unspecified atom stereocenters. The van der Waals surface area contributed by atoms with Gasteiger partial charge in [-0.1, -0.05) is 20.3 Å². The number of hydrogen-bond acceptors (Lipinski definition) is 1. The minimum Gasteiger partial charge on any atom is -0.303 e. The van der Waals surface area contributed by atoms with Crippen molar-refractivity contribution in [3.8, 4) is 0 Å². The van der Waals surface area contributed by atoms with Gasteiger partial charge in [-0.15, -0.1) is 0 Å². The minimum absolute atomic E-state index is 0.785. The van der Waals surface area contributed by atoms with Crippen LogP contribution in [-0.2, 0) is 0 Å². The molecule has 1 spiro atoms. The summed E-state index contributed by atoms with van der Waals surface area (Å²) in [7, 11) is 0. The highest BCUT2D eigenvalue weighted by Crippen LogP contribution is 2.47. The molecule has 0 radical (unpaired) electrons. The van der Waals surface area contributed by atoms with Crippen LogP contribution >= 0.6 is 0 Å². The topological polar surface area (TPSA) is 3.24 Å². The first-order valence-electron chi connectivity index (χ1n) is 5.93. The fourth-order valence-corrected chi connectivity index (χ4v) is 3.07. The molecular formula is C12H23N. The van der Waals surface area contributed by atoms with E-state index in [1.165, 1.54) is 51.7 Å². The predicted molar refractivity (Wildman–Crippen MR) is 56.8 cm³/mol. The lowest BCUT2D eigenvalue weighted by atomic mass is 9.64. The maximum Gasteiger partial charge on any atom is 0.00381 e. The van der Waals surface area contributed by atoms with Crippen LogP contribution in [0.2, 0.25) is 0 Å². The lowest BCUT2D eigenvalue weighted by Gasteiger charge is -2.49. The van der Waals surface area contributed by atoms with Gasteiger partial charge in [0.05, 0.1) is 0 Å². The summed E-state index contributed by atoms with van der Waals surface area (Å²) in [6.45, 7) is 8.76. The highest BCUT2D eigenvalue weighted by atomic mass is 15.1. The van der Waals surface area contributed by atoms with Crippen molar-refractivity contribution in [2.75, 3.05) is 19.6 Å². The fraction of sp³-hybridized carbons (Fsp3) is 1.00. The highest BCUT2D eigenvalue weighted by molar-refractivity contribution is 4.93. The van der Waals surface area contributed by atoms with Crippen molar-refractivity contribution in [3.63, 3.8) is 0 Å². The van der Waals surface area contributed by atoms with E-state index in [0.717, 1.165) is 11.3 Å². The summed E-state index contributed by atoms with van der Waals surface area (Å²) in [6, 6.07) is 0. The maximum absolute atomic E-state index is 2.70. The zero-order chi connectivity index (χ0) is 9.31. The molecule has 0 aromatic heterocycles. The van der Waals surface area contributed by atoms with Gasteiger partial charge in [-0.3, -0.25) is 0 Å². The Morgan fingerprint density at radius 1 is 1.15 bits per heavy atom. The summed E-state index contributed by atoms with van der Waals surface area (Å²) in [6.07, 6.45) is 7.49. The van der Waals surface area contributed by atoms with E-state index in [1.54, 1.807) is 0 Å². The van der Waals surface area contributed by atoms with Crippen molar-refractivity contribution in [1.82, 2.24) is 4.90 Å². The Morgan fingerprint density at radius 3 is 2.38 bits per heavy atom. The summed E-state index contributed by atoms with van der Waals surface area (Å²) in [5, 5.41) is 0. The van der Waals surface area contributed by atoms with Crippen molar-refractivity contribution < 1.29 is 0 Å². The van der Waals surface area contributed by atoms with Gasteiger partial charge in [-0.25, -0.2) is 0 Å². The average Bonchev–Trinajstić information content (AvgIpc) is 2.01. The molecule has 1 aliphatic carbocycles. The van der Waals surface area contributed by atoms with Gasteiger partial charge < -0.3 is 4.90 Å². The second-order valence-electron chi connectivity index (χ2n) is 5.59. The first-order valence-corrected chi connectivity index (χ1v) is 5.93. The van der Waals surface area contributed by atoms with E-state index in [0.29, 0.717) is 0 Å². The first-order chi connectivity index (χ1) is 6.20. The van der Waals surface area contributed by atoms with Crippen molar-refractivity contribution >= 4 is 0 Å². The second kappa shape index (κ2) is 3.61. The van der Waals surface area contributed by atoms with E-state index < -0.39 is 0 Å².